The summed E-state index contributed by atoms with van der Waals surface area (Å²) in [5, 5.41) is 0. The molecule has 0 aromatic heterocycles. The number of rotatable bonds is 42. The van der Waals surface area contributed by atoms with Crippen LogP contribution in [-0.4, -0.2) is 49.4 Å². The standard InChI is InChI=1S/C44H91NO3S/c1-4-7-10-13-16-19-22-25-28-31-34-37-40-45(43-44-49(46,47)48,41-38-35-32-29-26-23-20-17-14-11-8-5-2)42-39-36-33-30-27-24-21-18-15-12-9-6-3/h4-44H2,1-3H3. The summed E-state index contributed by atoms with van der Waals surface area (Å²) in [5.74, 6) is -0.193. The summed E-state index contributed by atoms with van der Waals surface area (Å²) >= 11 is 0. The van der Waals surface area contributed by atoms with E-state index in [1.165, 1.54) is 231 Å². The van der Waals surface area contributed by atoms with Crippen molar-refractivity contribution in [1.82, 2.24) is 0 Å². The molecule has 0 aliphatic heterocycles. The number of hydrogen-bond donors (Lipinski definition) is 0. The third-order valence-electron chi connectivity index (χ3n) is 11.3. The minimum atomic E-state index is -4.19. The van der Waals surface area contributed by atoms with Crippen LogP contribution in [0.3, 0.4) is 0 Å². The summed E-state index contributed by atoms with van der Waals surface area (Å²) in [5.41, 5.74) is 0. The van der Waals surface area contributed by atoms with E-state index >= 15 is 0 Å². The van der Waals surface area contributed by atoms with Gasteiger partial charge in [-0.3, -0.25) is 0 Å². The first-order valence-electron chi connectivity index (χ1n) is 22.7. The van der Waals surface area contributed by atoms with Crippen LogP contribution in [0, 0.1) is 0 Å². The lowest BCUT2D eigenvalue weighted by Crippen LogP contribution is -2.52. The monoisotopic (exact) mass is 714 g/mol. The summed E-state index contributed by atoms with van der Waals surface area (Å²) in [4.78, 5) is 0. The SMILES string of the molecule is CCCCCCCCCCCCCC[N+](CCCCCCCCCCCCCC)(CCCCCCCCCCCCCC)CCS(=O)(=O)[O-]. The van der Waals surface area contributed by atoms with E-state index in [0.717, 1.165) is 24.1 Å². The van der Waals surface area contributed by atoms with Crippen molar-refractivity contribution in [1.29, 1.82) is 0 Å². The van der Waals surface area contributed by atoms with Gasteiger partial charge in [0.05, 0.1) is 31.9 Å². The lowest BCUT2D eigenvalue weighted by atomic mass is 10.0. The van der Waals surface area contributed by atoms with Crippen molar-refractivity contribution < 1.29 is 17.5 Å². The summed E-state index contributed by atoms with van der Waals surface area (Å²) < 4.78 is 36.4. The molecule has 0 saturated heterocycles. The molecule has 0 radical (unpaired) electrons. The van der Waals surface area contributed by atoms with Gasteiger partial charge in [0.15, 0.2) is 0 Å². The molecule has 0 amide bonds. The minimum absolute atomic E-state index is 0.193. The van der Waals surface area contributed by atoms with Gasteiger partial charge in [0.25, 0.3) is 0 Å². The Morgan fingerprint density at radius 1 is 0.306 bits per heavy atom. The fourth-order valence-corrected chi connectivity index (χ4v) is 8.45. The molecule has 0 saturated carbocycles. The fraction of sp³-hybridized carbons (Fsp3) is 1.00. The first-order valence-corrected chi connectivity index (χ1v) is 24.3. The van der Waals surface area contributed by atoms with Gasteiger partial charge in [-0.2, -0.15) is 0 Å². The summed E-state index contributed by atoms with van der Waals surface area (Å²) in [6, 6.07) is 0. The maximum absolute atomic E-state index is 11.8. The van der Waals surface area contributed by atoms with E-state index in [9.17, 15) is 13.0 Å². The van der Waals surface area contributed by atoms with Crippen molar-refractivity contribution in [3.05, 3.63) is 0 Å². The third kappa shape index (κ3) is 37.4. The van der Waals surface area contributed by atoms with Crippen LogP contribution in [0.5, 0.6) is 0 Å². The Labute approximate surface area is 310 Å². The highest BCUT2D eigenvalue weighted by Crippen LogP contribution is 2.20. The molecule has 5 heteroatoms. The molecule has 49 heavy (non-hydrogen) atoms. The van der Waals surface area contributed by atoms with E-state index in [4.69, 9.17) is 0 Å². The molecule has 0 aromatic carbocycles. The highest BCUT2D eigenvalue weighted by molar-refractivity contribution is 7.85. The lowest BCUT2D eigenvalue weighted by molar-refractivity contribution is -0.926. The van der Waals surface area contributed by atoms with Crippen LogP contribution in [0.1, 0.15) is 252 Å². The van der Waals surface area contributed by atoms with Crippen molar-refractivity contribution in [3.8, 4) is 0 Å². The molecule has 0 aromatic rings. The molecule has 296 valence electrons. The zero-order valence-electron chi connectivity index (χ0n) is 34.1. The van der Waals surface area contributed by atoms with Crippen LogP contribution in [-0.2, 0) is 10.1 Å². The molecular weight excluding hydrogens is 623 g/mol. The molecule has 0 N–H and O–H groups in total. The smallest absolute Gasteiger partial charge is 0.100 e. The van der Waals surface area contributed by atoms with Crippen LogP contribution in [0.25, 0.3) is 0 Å². The molecule has 0 unspecified atom stereocenters. The van der Waals surface area contributed by atoms with E-state index in [1.54, 1.807) is 0 Å². The molecule has 4 nitrogen and oxygen atoms in total. The predicted molar refractivity (Wildman–Crippen MR) is 218 cm³/mol. The zero-order valence-corrected chi connectivity index (χ0v) is 34.9. The number of quaternary nitrogens is 1. The molecule has 0 heterocycles. The van der Waals surface area contributed by atoms with Gasteiger partial charge < -0.3 is 9.04 Å². The van der Waals surface area contributed by atoms with Gasteiger partial charge in [0.1, 0.15) is 10.1 Å². The van der Waals surface area contributed by atoms with Gasteiger partial charge in [0.2, 0.25) is 0 Å². The van der Waals surface area contributed by atoms with Gasteiger partial charge in [-0.25, -0.2) is 8.42 Å². The second kappa shape index (κ2) is 37.6. The quantitative estimate of drug-likeness (QED) is 0.0359. The normalized spacial score (nSPS) is 12.3. The van der Waals surface area contributed by atoms with Gasteiger partial charge >= 0.3 is 0 Å². The van der Waals surface area contributed by atoms with Crippen molar-refractivity contribution in [3.63, 3.8) is 0 Å². The largest absolute Gasteiger partial charge is 0.748 e. The van der Waals surface area contributed by atoms with Crippen LogP contribution in [0.15, 0.2) is 0 Å². The van der Waals surface area contributed by atoms with Gasteiger partial charge in [-0.1, -0.05) is 213 Å². The molecule has 0 fully saturated rings. The van der Waals surface area contributed by atoms with Crippen molar-refractivity contribution in [2.45, 2.75) is 252 Å². The minimum Gasteiger partial charge on any atom is -0.748 e. The van der Waals surface area contributed by atoms with Gasteiger partial charge in [-0.05, 0) is 38.5 Å². The Morgan fingerprint density at radius 2 is 0.490 bits per heavy atom. The number of nitrogens with zero attached hydrogens (tertiary/aromatic N) is 1. The maximum atomic E-state index is 11.8. The van der Waals surface area contributed by atoms with Gasteiger partial charge in [0, 0.05) is 0 Å². The molecule has 0 atom stereocenters. The van der Waals surface area contributed by atoms with Crippen LogP contribution < -0.4 is 0 Å². The molecule has 0 spiro atoms. The van der Waals surface area contributed by atoms with Crippen LogP contribution >= 0.6 is 0 Å². The first-order chi connectivity index (χ1) is 23.9. The van der Waals surface area contributed by atoms with E-state index < -0.39 is 10.1 Å². The second-order valence-corrected chi connectivity index (χ2v) is 17.7. The Morgan fingerprint density at radius 3 is 0.673 bits per heavy atom. The van der Waals surface area contributed by atoms with Crippen molar-refractivity contribution in [2.75, 3.05) is 31.9 Å². The predicted octanol–water partition coefficient (Wildman–Crippen LogP) is 14.5. The molecular formula is C44H91NO3S. The van der Waals surface area contributed by atoms with Crippen LogP contribution in [0.2, 0.25) is 0 Å². The molecule has 0 aliphatic rings. The van der Waals surface area contributed by atoms with Crippen LogP contribution in [0.4, 0.5) is 0 Å². The topological polar surface area (TPSA) is 57.2 Å². The summed E-state index contributed by atoms with van der Waals surface area (Å²) in [6.45, 7) is 10.6. The lowest BCUT2D eigenvalue weighted by Gasteiger charge is -2.40. The Hall–Kier alpha value is -0.130. The van der Waals surface area contributed by atoms with Crippen molar-refractivity contribution in [2.24, 2.45) is 0 Å². The zero-order chi connectivity index (χ0) is 36.0. The summed E-state index contributed by atoms with van der Waals surface area (Å²) in [7, 11) is -4.19. The third-order valence-corrected chi connectivity index (χ3v) is 12.0. The molecule has 0 bridgehead atoms. The van der Waals surface area contributed by atoms with E-state index in [-0.39, 0.29) is 5.75 Å². The number of unbranched alkanes of at least 4 members (excludes halogenated alkanes) is 33. The van der Waals surface area contributed by atoms with Crippen molar-refractivity contribution >= 4 is 10.1 Å². The Bertz CT molecular complexity index is 671. The number of hydrogen-bond acceptors (Lipinski definition) is 3. The maximum Gasteiger partial charge on any atom is 0.100 e. The second-order valence-electron chi connectivity index (χ2n) is 16.2. The van der Waals surface area contributed by atoms with E-state index in [2.05, 4.69) is 20.8 Å². The average molecular weight is 714 g/mol. The summed E-state index contributed by atoms with van der Waals surface area (Å²) in [6.07, 6.45) is 48.4. The molecule has 0 aliphatic carbocycles. The van der Waals surface area contributed by atoms with E-state index in [0.29, 0.717) is 6.54 Å². The molecule has 0 rings (SSSR count). The Kier molecular flexibility index (Phi) is 37.5. The highest BCUT2D eigenvalue weighted by atomic mass is 32.2. The fourth-order valence-electron chi connectivity index (χ4n) is 7.84. The first kappa shape index (κ1) is 48.9. The average Bonchev–Trinajstić information content (AvgIpc) is 3.08. The van der Waals surface area contributed by atoms with E-state index in [1.807, 2.05) is 0 Å². The Balaban J connectivity index is 4.69. The highest BCUT2D eigenvalue weighted by Gasteiger charge is 2.27. The van der Waals surface area contributed by atoms with Gasteiger partial charge in [-0.15, -0.1) is 0 Å².